The van der Waals surface area contributed by atoms with E-state index in [1.54, 1.807) is 4.90 Å². The first-order valence-electron chi connectivity index (χ1n) is 6.04. The zero-order valence-corrected chi connectivity index (χ0v) is 10.5. The van der Waals surface area contributed by atoms with Gasteiger partial charge in [-0.2, -0.15) is 0 Å². The Bertz CT molecular complexity index is 224. The molecule has 1 amide bonds. The van der Waals surface area contributed by atoms with Gasteiger partial charge in [-0.1, -0.05) is 26.7 Å². The van der Waals surface area contributed by atoms with Gasteiger partial charge in [0.15, 0.2) is 0 Å². The van der Waals surface area contributed by atoms with Crippen LogP contribution in [0.25, 0.3) is 0 Å². The van der Waals surface area contributed by atoms with Crippen LogP contribution >= 0.6 is 0 Å². The van der Waals surface area contributed by atoms with Gasteiger partial charge >= 0.3 is 5.97 Å². The number of carboxylic acids is 1. The lowest BCUT2D eigenvalue weighted by molar-refractivity contribution is -0.141. The Kier molecular flexibility index (Phi) is 7.60. The molecule has 0 spiro atoms. The van der Waals surface area contributed by atoms with Crippen molar-refractivity contribution in [1.29, 1.82) is 0 Å². The van der Waals surface area contributed by atoms with Crippen molar-refractivity contribution in [2.45, 2.75) is 46.5 Å². The third-order valence-electron chi connectivity index (χ3n) is 2.92. The van der Waals surface area contributed by atoms with Crippen molar-refractivity contribution in [1.82, 2.24) is 4.90 Å². The summed E-state index contributed by atoms with van der Waals surface area (Å²) in [5.74, 6) is -0.433. The molecule has 0 bridgehead atoms. The van der Waals surface area contributed by atoms with E-state index in [-0.39, 0.29) is 18.7 Å². The second-order valence-corrected chi connectivity index (χ2v) is 4.01. The molecule has 16 heavy (non-hydrogen) atoms. The van der Waals surface area contributed by atoms with Crippen LogP contribution in [0.5, 0.6) is 0 Å². The Balaban J connectivity index is 4.15. The molecule has 0 heterocycles. The summed E-state index contributed by atoms with van der Waals surface area (Å²) in [7, 11) is 0. The van der Waals surface area contributed by atoms with Crippen LogP contribution in [0.4, 0.5) is 0 Å². The highest BCUT2D eigenvalue weighted by molar-refractivity contribution is 5.80. The van der Waals surface area contributed by atoms with Gasteiger partial charge in [0.2, 0.25) is 5.91 Å². The summed E-state index contributed by atoms with van der Waals surface area (Å²) < 4.78 is 0. The lowest BCUT2D eigenvalue weighted by Gasteiger charge is -2.25. The van der Waals surface area contributed by atoms with Gasteiger partial charge in [0, 0.05) is 19.5 Å². The zero-order chi connectivity index (χ0) is 12.6. The molecule has 0 radical (unpaired) electrons. The van der Waals surface area contributed by atoms with E-state index in [0.717, 1.165) is 19.4 Å². The lowest BCUT2D eigenvalue weighted by Crippen LogP contribution is -2.35. The standard InChI is InChI=1S/C12H23NO3/c1-4-10(5-2)9-13(6-3)11(14)7-8-12(15)16/h10H,4-9H2,1-3H3,(H,15,16). The van der Waals surface area contributed by atoms with Crippen molar-refractivity contribution >= 4 is 11.9 Å². The van der Waals surface area contributed by atoms with E-state index in [0.29, 0.717) is 12.5 Å². The summed E-state index contributed by atoms with van der Waals surface area (Å²) in [6, 6.07) is 0. The molecule has 0 aromatic rings. The normalized spacial score (nSPS) is 10.5. The highest BCUT2D eigenvalue weighted by Gasteiger charge is 2.16. The Hall–Kier alpha value is -1.06. The molecule has 0 aromatic heterocycles. The molecule has 0 aromatic carbocycles. The van der Waals surface area contributed by atoms with Crippen molar-refractivity contribution < 1.29 is 14.7 Å². The number of hydrogen-bond acceptors (Lipinski definition) is 2. The second kappa shape index (κ2) is 8.13. The molecule has 0 aliphatic heterocycles. The fourth-order valence-electron chi connectivity index (χ4n) is 1.64. The minimum Gasteiger partial charge on any atom is -0.481 e. The lowest BCUT2D eigenvalue weighted by atomic mass is 10.0. The summed E-state index contributed by atoms with van der Waals surface area (Å²) in [6.45, 7) is 7.57. The Morgan fingerprint density at radius 1 is 1.12 bits per heavy atom. The van der Waals surface area contributed by atoms with E-state index in [1.807, 2.05) is 6.92 Å². The summed E-state index contributed by atoms with van der Waals surface area (Å²) in [6.07, 6.45) is 2.15. The third-order valence-corrected chi connectivity index (χ3v) is 2.92. The summed E-state index contributed by atoms with van der Waals surface area (Å²) >= 11 is 0. The van der Waals surface area contributed by atoms with Crippen LogP contribution in [0.15, 0.2) is 0 Å². The Morgan fingerprint density at radius 3 is 2.06 bits per heavy atom. The summed E-state index contributed by atoms with van der Waals surface area (Å²) in [5.41, 5.74) is 0. The Labute approximate surface area is 97.6 Å². The maximum atomic E-state index is 11.7. The monoisotopic (exact) mass is 229 g/mol. The molecular formula is C12H23NO3. The molecule has 4 nitrogen and oxygen atoms in total. The van der Waals surface area contributed by atoms with Gasteiger partial charge in [-0.3, -0.25) is 9.59 Å². The van der Waals surface area contributed by atoms with Crippen molar-refractivity contribution in [3.63, 3.8) is 0 Å². The topological polar surface area (TPSA) is 57.6 Å². The summed E-state index contributed by atoms with van der Waals surface area (Å²) in [5, 5.41) is 8.52. The minimum atomic E-state index is -0.910. The molecule has 0 saturated carbocycles. The first-order chi connectivity index (χ1) is 7.54. The Morgan fingerprint density at radius 2 is 1.69 bits per heavy atom. The number of carbonyl (C=O) groups is 2. The smallest absolute Gasteiger partial charge is 0.303 e. The van der Waals surface area contributed by atoms with Gasteiger partial charge in [0.1, 0.15) is 0 Å². The fraction of sp³-hybridized carbons (Fsp3) is 0.833. The number of nitrogens with zero attached hydrogens (tertiary/aromatic N) is 1. The number of aliphatic carboxylic acids is 1. The highest BCUT2D eigenvalue weighted by atomic mass is 16.4. The van der Waals surface area contributed by atoms with Crippen molar-refractivity contribution in [3.8, 4) is 0 Å². The minimum absolute atomic E-state index is 0.0446. The van der Waals surface area contributed by atoms with Crippen molar-refractivity contribution in [2.75, 3.05) is 13.1 Å². The van der Waals surface area contributed by atoms with E-state index >= 15 is 0 Å². The van der Waals surface area contributed by atoms with E-state index < -0.39 is 5.97 Å². The molecule has 0 aliphatic carbocycles. The molecule has 0 fully saturated rings. The largest absolute Gasteiger partial charge is 0.481 e. The molecule has 4 heteroatoms. The quantitative estimate of drug-likeness (QED) is 0.693. The molecule has 0 rings (SSSR count). The predicted molar refractivity (Wildman–Crippen MR) is 63.2 cm³/mol. The number of hydrogen-bond donors (Lipinski definition) is 1. The molecule has 0 aliphatic rings. The van der Waals surface area contributed by atoms with Crippen molar-refractivity contribution in [3.05, 3.63) is 0 Å². The number of rotatable bonds is 8. The number of carboxylic acid groups (broad SMARTS) is 1. The second-order valence-electron chi connectivity index (χ2n) is 4.01. The van der Waals surface area contributed by atoms with Gasteiger partial charge < -0.3 is 10.0 Å². The van der Waals surface area contributed by atoms with Gasteiger partial charge in [-0.25, -0.2) is 0 Å². The highest BCUT2D eigenvalue weighted by Crippen LogP contribution is 2.11. The van der Waals surface area contributed by atoms with Crippen LogP contribution in [-0.2, 0) is 9.59 Å². The van der Waals surface area contributed by atoms with Crippen LogP contribution in [-0.4, -0.2) is 35.0 Å². The number of carbonyl (C=O) groups excluding carboxylic acids is 1. The molecular weight excluding hydrogens is 206 g/mol. The van der Waals surface area contributed by atoms with Gasteiger partial charge in [-0.05, 0) is 12.8 Å². The molecule has 1 N–H and O–H groups in total. The first kappa shape index (κ1) is 14.9. The molecule has 0 atom stereocenters. The maximum absolute atomic E-state index is 11.7. The average Bonchev–Trinajstić information content (AvgIpc) is 2.27. The van der Waals surface area contributed by atoms with Gasteiger partial charge in [-0.15, -0.1) is 0 Å². The summed E-state index contributed by atoms with van der Waals surface area (Å²) in [4.78, 5) is 23.9. The van der Waals surface area contributed by atoms with E-state index in [2.05, 4.69) is 13.8 Å². The zero-order valence-electron chi connectivity index (χ0n) is 10.5. The molecule has 94 valence electrons. The fourth-order valence-corrected chi connectivity index (χ4v) is 1.64. The van der Waals surface area contributed by atoms with E-state index in [4.69, 9.17) is 5.11 Å². The van der Waals surface area contributed by atoms with Crippen LogP contribution in [0.1, 0.15) is 46.5 Å². The van der Waals surface area contributed by atoms with Crippen LogP contribution < -0.4 is 0 Å². The first-order valence-corrected chi connectivity index (χ1v) is 6.04. The van der Waals surface area contributed by atoms with Gasteiger partial charge in [0.05, 0.1) is 6.42 Å². The van der Waals surface area contributed by atoms with E-state index in [1.165, 1.54) is 0 Å². The van der Waals surface area contributed by atoms with Crippen LogP contribution in [0.2, 0.25) is 0 Å². The van der Waals surface area contributed by atoms with Crippen LogP contribution in [0, 0.1) is 5.92 Å². The maximum Gasteiger partial charge on any atom is 0.303 e. The molecule has 0 saturated heterocycles. The van der Waals surface area contributed by atoms with Crippen LogP contribution in [0.3, 0.4) is 0 Å². The van der Waals surface area contributed by atoms with Crippen molar-refractivity contribution in [2.24, 2.45) is 5.92 Å². The van der Waals surface area contributed by atoms with Gasteiger partial charge in [0.25, 0.3) is 0 Å². The molecule has 0 unspecified atom stereocenters. The third kappa shape index (κ3) is 5.73. The van der Waals surface area contributed by atoms with E-state index in [9.17, 15) is 9.59 Å². The average molecular weight is 229 g/mol. The SMILES string of the molecule is CCC(CC)CN(CC)C(=O)CCC(=O)O. The number of amides is 1. The predicted octanol–water partition coefficient (Wildman–Crippen LogP) is 2.14.